The van der Waals surface area contributed by atoms with E-state index in [1.54, 1.807) is 5.32 Å². The maximum atomic E-state index is 13.2. The van der Waals surface area contributed by atoms with Crippen LogP contribution >= 0.6 is 0 Å². The topological polar surface area (TPSA) is 79.9 Å². The molecule has 6 nitrogen and oxygen atoms in total. The number of halogens is 5. The molecule has 0 aliphatic carbocycles. The average molecular weight is 336 g/mol. The number of amides is 1. The van der Waals surface area contributed by atoms with Gasteiger partial charge in [0.1, 0.15) is 5.75 Å². The lowest BCUT2D eigenvalue weighted by atomic mass is 10.0. The van der Waals surface area contributed by atoms with E-state index in [0.717, 1.165) is 18.3 Å². The molecule has 124 valence electrons. The van der Waals surface area contributed by atoms with Gasteiger partial charge in [0.25, 0.3) is 5.91 Å². The van der Waals surface area contributed by atoms with Crippen molar-refractivity contribution in [2.24, 2.45) is 0 Å². The summed E-state index contributed by atoms with van der Waals surface area (Å²) in [5.74, 6) is -1.86. The molecule has 0 fully saturated rings. The maximum Gasteiger partial charge on any atom is 0.413 e. The Balaban J connectivity index is 2.35. The smallest absolute Gasteiger partial charge is 0.413 e. The van der Waals surface area contributed by atoms with Gasteiger partial charge in [-0.15, -0.1) is 0 Å². The number of para-hydroxylation sites is 1. The van der Waals surface area contributed by atoms with E-state index in [0.29, 0.717) is 0 Å². The fourth-order valence-corrected chi connectivity index (χ4v) is 1.77. The number of aromatic amines is 1. The Morgan fingerprint density at radius 1 is 1.26 bits per heavy atom. The fraction of sp³-hybridized carbons (Fsp3) is 0.250. The van der Waals surface area contributed by atoms with Crippen LogP contribution in [0.1, 0.15) is 22.1 Å². The van der Waals surface area contributed by atoms with Crippen molar-refractivity contribution < 1.29 is 31.5 Å². The number of alkyl halides is 5. The third-order valence-electron chi connectivity index (χ3n) is 2.70. The van der Waals surface area contributed by atoms with Gasteiger partial charge in [0.05, 0.1) is 6.20 Å². The Morgan fingerprint density at radius 2 is 1.96 bits per heavy atom. The molecule has 2 N–H and O–H groups in total. The van der Waals surface area contributed by atoms with Crippen molar-refractivity contribution in [3.05, 3.63) is 41.7 Å². The number of hydrogen-bond acceptors (Lipinski definition) is 4. The van der Waals surface area contributed by atoms with E-state index >= 15 is 0 Å². The molecule has 23 heavy (non-hydrogen) atoms. The first-order valence-electron chi connectivity index (χ1n) is 6.06. The van der Waals surface area contributed by atoms with Crippen LogP contribution < -0.4 is 10.1 Å². The van der Waals surface area contributed by atoms with Crippen LogP contribution in [0.15, 0.2) is 30.5 Å². The van der Waals surface area contributed by atoms with Crippen molar-refractivity contribution >= 4 is 5.91 Å². The first-order chi connectivity index (χ1) is 10.8. The maximum absolute atomic E-state index is 13.2. The van der Waals surface area contributed by atoms with Gasteiger partial charge in [0.15, 0.2) is 11.7 Å². The molecule has 0 aliphatic heterocycles. The molecule has 0 saturated carbocycles. The number of rotatable bonds is 5. The normalized spacial score (nSPS) is 13.0. The minimum atomic E-state index is -4.94. The van der Waals surface area contributed by atoms with Gasteiger partial charge >= 0.3 is 12.8 Å². The largest absolute Gasteiger partial charge is 0.434 e. The lowest BCUT2D eigenvalue weighted by Gasteiger charge is -2.23. The molecule has 0 radical (unpaired) electrons. The number of carbonyl (C=O) groups excluding carboxylic acids is 1. The zero-order valence-corrected chi connectivity index (χ0v) is 11.1. The molecule has 1 heterocycles. The number of ether oxygens (including phenoxy) is 1. The van der Waals surface area contributed by atoms with Crippen LogP contribution in [-0.2, 0) is 0 Å². The third-order valence-corrected chi connectivity index (χ3v) is 2.70. The van der Waals surface area contributed by atoms with Crippen molar-refractivity contribution in [1.82, 2.24) is 20.7 Å². The summed E-state index contributed by atoms with van der Waals surface area (Å²) in [6.45, 7) is -3.31. The van der Waals surface area contributed by atoms with E-state index in [4.69, 9.17) is 0 Å². The van der Waals surface area contributed by atoms with Crippen molar-refractivity contribution in [1.29, 1.82) is 0 Å². The number of hydrogen-bond donors (Lipinski definition) is 2. The van der Waals surface area contributed by atoms with Crippen molar-refractivity contribution in [3.8, 4) is 5.75 Å². The highest BCUT2D eigenvalue weighted by Crippen LogP contribution is 2.37. The lowest BCUT2D eigenvalue weighted by molar-refractivity contribution is -0.156. The molecule has 0 unspecified atom stereocenters. The second-order valence-electron chi connectivity index (χ2n) is 4.22. The molecule has 1 atom stereocenters. The van der Waals surface area contributed by atoms with Crippen molar-refractivity contribution in [2.75, 3.05) is 0 Å². The van der Waals surface area contributed by atoms with E-state index in [9.17, 15) is 26.7 Å². The molecular weight excluding hydrogens is 327 g/mol. The summed E-state index contributed by atoms with van der Waals surface area (Å²) in [5.41, 5.74) is -1.04. The summed E-state index contributed by atoms with van der Waals surface area (Å²) in [6.07, 6.45) is -4.02. The standard InChI is InChI=1S/C12H9F5N4O2/c13-11(14)23-8-4-2-1-3-6(8)9(12(15,16)17)19-10(22)7-5-18-21-20-7/h1-5,9,11H,(H,19,22)(H,18,20,21)/t9-/m0/s1. The first-order valence-corrected chi connectivity index (χ1v) is 6.06. The molecule has 0 saturated heterocycles. The second-order valence-corrected chi connectivity index (χ2v) is 4.22. The van der Waals surface area contributed by atoms with Gasteiger partial charge in [-0.25, -0.2) is 0 Å². The minimum absolute atomic E-state index is 0.383. The monoisotopic (exact) mass is 336 g/mol. The average Bonchev–Trinajstić information content (AvgIpc) is 2.98. The Labute approximate surface area is 125 Å². The number of nitrogens with zero attached hydrogens (tertiary/aromatic N) is 2. The van der Waals surface area contributed by atoms with Crippen LogP contribution in [0.25, 0.3) is 0 Å². The molecule has 2 aromatic rings. The van der Waals surface area contributed by atoms with Gasteiger partial charge in [-0.1, -0.05) is 18.2 Å². The number of aromatic nitrogens is 3. The number of nitrogens with one attached hydrogen (secondary N) is 2. The molecule has 1 amide bonds. The second kappa shape index (κ2) is 6.58. The Bertz CT molecular complexity index is 660. The molecule has 0 spiro atoms. The van der Waals surface area contributed by atoms with E-state index in [1.165, 1.54) is 12.1 Å². The van der Waals surface area contributed by atoms with Gasteiger partial charge in [-0.3, -0.25) is 4.79 Å². The lowest BCUT2D eigenvalue weighted by Crippen LogP contribution is -2.38. The predicted molar refractivity (Wildman–Crippen MR) is 65.7 cm³/mol. The predicted octanol–water partition coefficient (Wildman–Crippen LogP) is 2.44. The van der Waals surface area contributed by atoms with Gasteiger partial charge < -0.3 is 10.1 Å². The van der Waals surface area contributed by atoms with Crippen LogP contribution in [-0.4, -0.2) is 34.1 Å². The van der Waals surface area contributed by atoms with E-state index in [-0.39, 0.29) is 5.69 Å². The zero-order chi connectivity index (χ0) is 17.0. The summed E-state index contributed by atoms with van der Waals surface area (Å²) in [5, 5.41) is 10.4. The first kappa shape index (κ1) is 16.6. The summed E-state index contributed by atoms with van der Waals surface area (Å²) in [4.78, 5) is 11.7. The van der Waals surface area contributed by atoms with Crippen LogP contribution in [0.3, 0.4) is 0 Å². The summed E-state index contributed by atoms with van der Waals surface area (Å²) < 4.78 is 68.4. The van der Waals surface area contributed by atoms with E-state index in [1.807, 2.05) is 5.21 Å². The van der Waals surface area contributed by atoms with Crippen LogP contribution in [0.4, 0.5) is 22.0 Å². The van der Waals surface area contributed by atoms with Crippen molar-refractivity contribution in [3.63, 3.8) is 0 Å². The van der Waals surface area contributed by atoms with Gasteiger partial charge in [-0.05, 0) is 6.07 Å². The van der Waals surface area contributed by atoms with Crippen LogP contribution in [0, 0.1) is 0 Å². The summed E-state index contributed by atoms with van der Waals surface area (Å²) in [7, 11) is 0. The quantitative estimate of drug-likeness (QED) is 0.822. The number of H-pyrrole nitrogens is 1. The SMILES string of the molecule is O=C(N[C@@H](c1ccccc1OC(F)F)C(F)(F)F)c1cn[nH]n1. The fourth-order valence-electron chi connectivity index (χ4n) is 1.77. The number of carbonyl (C=O) groups is 1. The van der Waals surface area contributed by atoms with Crippen LogP contribution in [0.2, 0.25) is 0 Å². The Kier molecular flexibility index (Phi) is 4.77. The number of benzene rings is 1. The zero-order valence-electron chi connectivity index (χ0n) is 11.1. The molecule has 2 rings (SSSR count). The highest BCUT2D eigenvalue weighted by Gasteiger charge is 2.44. The van der Waals surface area contributed by atoms with E-state index in [2.05, 4.69) is 14.9 Å². The Morgan fingerprint density at radius 3 is 2.52 bits per heavy atom. The van der Waals surface area contributed by atoms with Gasteiger partial charge in [0, 0.05) is 5.56 Å². The van der Waals surface area contributed by atoms with Crippen molar-refractivity contribution in [2.45, 2.75) is 18.8 Å². The highest BCUT2D eigenvalue weighted by atomic mass is 19.4. The van der Waals surface area contributed by atoms with E-state index < -0.39 is 36.0 Å². The molecule has 11 heteroatoms. The summed E-state index contributed by atoms with van der Waals surface area (Å²) >= 11 is 0. The highest BCUT2D eigenvalue weighted by molar-refractivity contribution is 5.92. The minimum Gasteiger partial charge on any atom is -0.434 e. The van der Waals surface area contributed by atoms with Crippen LogP contribution in [0.5, 0.6) is 5.75 Å². The summed E-state index contributed by atoms with van der Waals surface area (Å²) in [6, 6.07) is 1.76. The molecule has 1 aromatic heterocycles. The molecule has 0 aliphatic rings. The van der Waals surface area contributed by atoms with Gasteiger partial charge in [-0.2, -0.15) is 37.4 Å². The molecular formula is C12H9F5N4O2. The molecule has 0 bridgehead atoms. The third kappa shape index (κ3) is 4.14. The van der Waals surface area contributed by atoms with Gasteiger partial charge in [0.2, 0.25) is 0 Å². The molecule has 1 aromatic carbocycles. The Hall–Kier alpha value is -2.72.